The average Bonchev–Trinajstić information content (AvgIpc) is 3.69. The summed E-state index contributed by atoms with van der Waals surface area (Å²) in [5.74, 6) is 0.196. The number of Topliss-reactive ketones (excluding diaryl/α,β-unsaturated/α-hetero) is 1. The number of likely N-dealkylation sites (tertiary alicyclic amines) is 1. The van der Waals surface area contributed by atoms with Crippen LogP contribution < -0.4 is 5.32 Å². The predicted octanol–water partition coefficient (Wildman–Crippen LogP) is 2.95. The molecule has 2 aliphatic carbocycles. The normalized spacial score (nSPS) is 26.9. The highest BCUT2D eigenvalue weighted by Gasteiger charge is 2.56. The van der Waals surface area contributed by atoms with Gasteiger partial charge in [0, 0.05) is 36.1 Å². The van der Waals surface area contributed by atoms with Crippen molar-refractivity contribution >= 4 is 40.2 Å². The summed E-state index contributed by atoms with van der Waals surface area (Å²) in [7, 11) is 0. The van der Waals surface area contributed by atoms with Crippen LogP contribution in [-0.2, 0) is 16.1 Å². The first-order valence-electron chi connectivity index (χ1n) is 11.6. The maximum absolute atomic E-state index is 13.4. The van der Waals surface area contributed by atoms with Crippen molar-refractivity contribution in [3.8, 4) is 0 Å². The average molecular weight is 478 g/mol. The summed E-state index contributed by atoms with van der Waals surface area (Å²) >= 11 is 6.11. The third-order valence-corrected chi connectivity index (χ3v) is 7.45. The Labute approximate surface area is 201 Å². The summed E-state index contributed by atoms with van der Waals surface area (Å²) in [5.41, 5.74) is 1.92. The number of amides is 2. The number of ketones is 1. The minimum absolute atomic E-state index is 0.0532. The first kappa shape index (κ1) is 21.3. The van der Waals surface area contributed by atoms with Crippen molar-refractivity contribution in [2.24, 2.45) is 5.92 Å². The standard InChI is InChI=1S/C25H24ClN5O3/c1-13(32)23-17-6-3-7-27-24(17)30(29-23)12-22(33)31-20-9-15(20)10-21(31)25(34)28-19-11-18(19)14-4-2-5-16(26)8-14/h2-8,15,18-21H,9-12H2,1H3,(H,28,34)/t15-,18+,19-,20-,21+/m1/s1. The van der Waals surface area contributed by atoms with Crippen LogP contribution in [0.4, 0.5) is 0 Å². The largest absolute Gasteiger partial charge is 0.351 e. The van der Waals surface area contributed by atoms with Gasteiger partial charge >= 0.3 is 0 Å². The Kier molecular flexibility index (Phi) is 4.95. The van der Waals surface area contributed by atoms with E-state index in [9.17, 15) is 14.4 Å². The molecule has 3 fully saturated rings. The fraction of sp³-hybridized carbons (Fsp3) is 0.400. The molecule has 1 aliphatic heterocycles. The lowest BCUT2D eigenvalue weighted by Gasteiger charge is -2.27. The zero-order valence-electron chi connectivity index (χ0n) is 18.6. The molecule has 8 nitrogen and oxygen atoms in total. The van der Waals surface area contributed by atoms with E-state index in [2.05, 4.69) is 15.4 Å². The molecule has 1 aromatic carbocycles. The highest BCUT2D eigenvalue weighted by Crippen LogP contribution is 2.48. The number of rotatable bonds is 6. The smallest absolute Gasteiger partial charge is 0.245 e. The number of halogens is 1. The van der Waals surface area contributed by atoms with E-state index in [0.29, 0.717) is 34.1 Å². The Balaban J connectivity index is 1.17. The lowest BCUT2D eigenvalue weighted by atomic mass is 10.1. The first-order valence-corrected chi connectivity index (χ1v) is 12.0. The molecule has 6 rings (SSSR count). The predicted molar refractivity (Wildman–Crippen MR) is 125 cm³/mol. The monoisotopic (exact) mass is 477 g/mol. The van der Waals surface area contributed by atoms with E-state index in [0.717, 1.165) is 18.4 Å². The Morgan fingerprint density at radius 2 is 2.00 bits per heavy atom. The van der Waals surface area contributed by atoms with Gasteiger partial charge in [0.2, 0.25) is 11.8 Å². The van der Waals surface area contributed by atoms with E-state index in [-0.39, 0.29) is 42.1 Å². The molecular formula is C25H24ClN5O3. The van der Waals surface area contributed by atoms with E-state index in [1.165, 1.54) is 11.6 Å². The first-order chi connectivity index (χ1) is 16.4. The summed E-state index contributed by atoms with van der Waals surface area (Å²) in [6, 6.07) is 11.0. The zero-order valence-corrected chi connectivity index (χ0v) is 19.4. The van der Waals surface area contributed by atoms with Gasteiger partial charge in [0.15, 0.2) is 11.4 Å². The molecule has 1 saturated heterocycles. The minimum atomic E-state index is -0.473. The molecule has 0 bridgehead atoms. The third kappa shape index (κ3) is 3.66. The lowest BCUT2D eigenvalue weighted by Crippen LogP contribution is -2.49. The molecule has 0 radical (unpaired) electrons. The van der Waals surface area contributed by atoms with Gasteiger partial charge in [0.25, 0.3) is 0 Å². The van der Waals surface area contributed by atoms with Gasteiger partial charge in [0.1, 0.15) is 18.3 Å². The van der Waals surface area contributed by atoms with Crippen molar-refractivity contribution in [2.75, 3.05) is 0 Å². The number of nitrogens with zero attached hydrogens (tertiary/aromatic N) is 4. The van der Waals surface area contributed by atoms with Gasteiger partial charge in [-0.3, -0.25) is 14.4 Å². The van der Waals surface area contributed by atoms with Crippen LogP contribution in [0.15, 0.2) is 42.6 Å². The number of aromatic nitrogens is 3. The molecule has 2 saturated carbocycles. The van der Waals surface area contributed by atoms with Crippen molar-refractivity contribution in [1.29, 1.82) is 0 Å². The third-order valence-electron chi connectivity index (χ3n) is 7.22. The van der Waals surface area contributed by atoms with E-state index in [1.54, 1.807) is 23.2 Å². The molecule has 2 amide bonds. The second-order valence-corrected chi connectivity index (χ2v) is 10.0. The summed E-state index contributed by atoms with van der Waals surface area (Å²) in [4.78, 5) is 44.6. The van der Waals surface area contributed by atoms with E-state index in [4.69, 9.17) is 11.6 Å². The quantitative estimate of drug-likeness (QED) is 0.550. The number of carbonyl (C=O) groups excluding carboxylic acids is 3. The number of carbonyl (C=O) groups is 3. The number of benzene rings is 1. The summed E-state index contributed by atoms with van der Waals surface area (Å²) in [5, 5.41) is 8.83. The molecule has 0 spiro atoms. The van der Waals surface area contributed by atoms with Crippen molar-refractivity contribution < 1.29 is 14.4 Å². The van der Waals surface area contributed by atoms with Crippen LogP contribution in [0.3, 0.4) is 0 Å². The second kappa shape index (κ2) is 7.91. The lowest BCUT2D eigenvalue weighted by molar-refractivity contribution is -0.140. The van der Waals surface area contributed by atoms with Crippen LogP contribution in [0.25, 0.3) is 11.0 Å². The highest BCUT2D eigenvalue weighted by atomic mass is 35.5. The summed E-state index contributed by atoms with van der Waals surface area (Å²) in [6.45, 7) is 1.40. The zero-order chi connectivity index (χ0) is 23.6. The Bertz CT molecular complexity index is 1340. The molecule has 34 heavy (non-hydrogen) atoms. The second-order valence-electron chi connectivity index (χ2n) is 9.56. The molecule has 0 unspecified atom stereocenters. The molecular weight excluding hydrogens is 454 g/mol. The molecule has 1 N–H and O–H groups in total. The van der Waals surface area contributed by atoms with Crippen LogP contribution in [0, 0.1) is 5.92 Å². The van der Waals surface area contributed by atoms with Crippen molar-refractivity contribution in [2.45, 2.75) is 56.8 Å². The maximum Gasteiger partial charge on any atom is 0.245 e. The number of pyridine rings is 1. The van der Waals surface area contributed by atoms with Gasteiger partial charge in [-0.15, -0.1) is 0 Å². The van der Waals surface area contributed by atoms with Crippen LogP contribution in [0.2, 0.25) is 5.02 Å². The Morgan fingerprint density at radius 1 is 1.15 bits per heavy atom. The summed E-state index contributed by atoms with van der Waals surface area (Å²) < 4.78 is 1.48. The summed E-state index contributed by atoms with van der Waals surface area (Å²) in [6.07, 6.45) is 4.11. The van der Waals surface area contributed by atoms with Gasteiger partial charge in [0.05, 0.1) is 5.39 Å². The van der Waals surface area contributed by atoms with Crippen molar-refractivity contribution in [3.63, 3.8) is 0 Å². The number of hydrogen-bond acceptors (Lipinski definition) is 5. The van der Waals surface area contributed by atoms with Gasteiger partial charge in [-0.2, -0.15) is 5.10 Å². The number of piperidine rings is 1. The van der Waals surface area contributed by atoms with E-state index >= 15 is 0 Å². The number of hydrogen-bond donors (Lipinski definition) is 1. The molecule has 174 valence electrons. The van der Waals surface area contributed by atoms with Crippen LogP contribution >= 0.6 is 11.6 Å². The SMILES string of the molecule is CC(=O)c1nn(CC(=O)N2[C@@H]3C[C@@H]3C[C@H]2C(=O)N[C@@H]2C[C@H]2c2cccc(Cl)c2)c2ncccc12. The Morgan fingerprint density at radius 3 is 2.79 bits per heavy atom. The number of fused-ring (bicyclic) bond motifs is 2. The van der Waals surface area contributed by atoms with Gasteiger partial charge in [-0.25, -0.2) is 9.67 Å². The number of nitrogens with one attached hydrogen (secondary N) is 1. The fourth-order valence-corrected chi connectivity index (χ4v) is 5.58. The minimum Gasteiger partial charge on any atom is -0.351 e. The maximum atomic E-state index is 13.4. The van der Waals surface area contributed by atoms with Gasteiger partial charge < -0.3 is 10.2 Å². The van der Waals surface area contributed by atoms with Crippen LogP contribution in [0.5, 0.6) is 0 Å². The van der Waals surface area contributed by atoms with Crippen molar-refractivity contribution in [3.05, 3.63) is 58.9 Å². The molecule has 3 heterocycles. The van der Waals surface area contributed by atoms with Crippen molar-refractivity contribution in [1.82, 2.24) is 25.0 Å². The van der Waals surface area contributed by atoms with E-state index in [1.807, 2.05) is 24.3 Å². The molecule has 3 aliphatic rings. The molecule has 3 aromatic rings. The van der Waals surface area contributed by atoms with Gasteiger partial charge in [-0.1, -0.05) is 23.7 Å². The topological polar surface area (TPSA) is 97.2 Å². The molecule has 2 aromatic heterocycles. The Hall–Kier alpha value is -3.26. The van der Waals surface area contributed by atoms with Gasteiger partial charge in [-0.05, 0) is 55.0 Å². The molecule has 5 atom stereocenters. The van der Waals surface area contributed by atoms with Crippen LogP contribution in [-0.4, -0.2) is 55.4 Å². The van der Waals surface area contributed by atoms with Crippen LogP contribution in [0.1, 0.15) is 48.2 Å². The molecule has 9 heteroatoms. The van der Waals surface area contributed by atoms with E-state index < -0.39 is 6.04 Å². The highest BCUT2D eigenvalue weighted by molar-refractivity contribution is 6.30. The fourth-order valence-electron chi connectivity index (χ4n) is 5.38.